The van der Waals surface area contributed by atoms with Gasteiger partial charge in [0.1, 0.15) is 6.10 Å². The number of rotatable bonds is 11. The van der Waals surface area contributed by atoms with Crippen molar-refractivity contribution in [3.63, 3.8) is 0 Å². The second-order valence-corrected chi connectivity index (χ2v) is 6.03. The van der Waals surface area contributed by atoms with Crippen LogP contribution in [0.3, 0.4) is 0 Å². The molecule has 26 heavy (non-hydrogen) atoms. The highest BCUT2D eigenvalue weighted by atomic mass is 16.5. The topological polar surface area (TPSA) is 163 Å². The summed E-state index contributed by atoms with van der Waals surface area (Å²) >= 11 is 0. The first-order chi connectivity index (χ1) is 12.3. The predicted molar refractivity (Wildman–Crippen MR) is 95.1 cm³/mol. The number of nitrogens with zero attached hydrogens (tertiary/aromatic N) is 1. The van der Waals surface area contributed by atoms with Gasteiger partial charge in [0, 0.05) is 11.9 Å². The number of nitrogens with two attached hydrogens (primary N) is 2. The average molecular weight is 371 g/mol. The zero-order chi connectivity index (χ0) is 19.7. The summed E-state index contributed by atoms with van der Waals surface area (Å²) in [4.78, 5) is 25.6. The third-order valence-corrected chi connectivity index (χ3v) is 3.78. The molecule has 148 valence electrons. The fourth-order valence-electron chi connectivity index (χ4n) is 2.18. The lowest BCUT2D eigenvalue weighted by Crippen LogP contribution is -2.58. The van der Waals surface area contributed by atoms with Crippen molar-refractivity contribution in [2.24, 2.45) is 11.5 Å². The molecule has 0 spiro atoms. The molecule has 1 aliphatic rings. The van der Waals surface area contributed by atoms with E-state index in [0.717, 1.165) is 11.3 Å². The first kappa shape index (κ1) is 22.1. The van der Waals surface area contributed by atoms with Gasteiger partial charge in [-0.15, -0.1) is 0 Å². The van der Waals surface area contributed by atoms with E-state index < -0.39 is 43.1 Å². The molecule has 0 aromatic carbocycles. The number of carbonyl (C=O) groups is 2. The third-order valence-electron chi connectivity index (χ3n) is 3.78. The number of unbranched alkanes of at least 4 members (excludes halogenated alkanes) is 1. The van der Waals surface area contributed by atoms with Gasteiger partial charge in [-0.25, -0.2) is 4.79 Å². The van der Waals surface area contributed by atoms with E-state index in [1.54, 1.807) is 0 Å². The van der Waals surface area contributed by atoms with Crippen LogP contribution in [0.25, 0.3) is 0 Å². The Balaban J connectivity index is 2.86. The number of amides is 3. The summed E-state index contributed by atoms with van der Waals surface area (Å²) in [7, 11) is 0. The Morgan fingerprint density at radius 1 is 1.50 bits per heavy atom. The third kappa shape index (κ3) is 6.73. The van der Waals surface area contributed by atoms with E-state index in [2.05, 4.69) is 17.2 Å². The van der Waals surface area contributed by atoms with Gasteiger partial charge in [0.2, 0.25) is 12.3 Å². The summed E-state index contributed by atoms with van der Waals surface area (Å²) in [6, 6.07) is -1.39. The van der Waals surface area contributed by atoms with E-state index >= 15 is 0 Å². The minimum Gasteiger partial charge on any atom is -0.394 e. The van der Waals surface area contributed by atoms with Crippen LogP contribution in [0.4, 0.5) is 4.79 Å². The van der Waals surface area contributed by atoms with Crippen molar-refractivity contribution in [2.75, 3.05) is 13.2 Å². The van der Waals surface area contributed by atoms with Crippen molar-refractivity contribution in [1.82, 2.24) is 15.5 Å². The number of hydrogen-bond donors (Lipinski definition) is 6. The molecule has 1 heterocycles. The van der Waals surface area contributed by atoms with Gasteiger partial charge < -0.3 is 37.1 Å². The zero-order valence-corrected chi connectivity index (χ0v) is 14.9. The van der Waals surface area contributed by atoms with Gasteiger partial charge >= 0.3 is 6.03 Å². The van der Waals surface area contributed by atoms with Gasteiger partial charge in [-0.2, -0.15) is 0 Å². The molecular weight excluding hydrogens is 342 g/mol. The summed E-state index contributed by atoms with van der Waals surface area (Å²) in [6.45, 7) is 5.04. The van der Waals surface area contributed by atoms with Gasteiger partial charge in [-0.1, -0.05) is 13.0 Å². The Labute approximate surface area is 152 Å². The fraction of sp³-hybridized carbons (Fsp3) is 0.625. The summed E-state index contributed by atoms with van der Waals surface area (Å²) in [6.07, 6.45) is 1.45. The Kier molecular flexibility index (Phi) is 9.24. The standard InChI is InChI=1S/C16H29N5O5/c1-10-6-8-21(15(25)19-10)16(26-13(9-22)11(2)23)20-14(24)12(18)5-3-4-7-17/h6,8,11-13,16,22-23H,1,3-5,7,9,17-18H2,2H3,(H,19,25)(H,20,24)/t11?,12?,13?,16-/m1/s1. The molecule has 0 radical (unpaired) electrons. The number of carbonyl (C=O) groups excluding carboxylic acids is 2. The SMILES string of the molecule is C=C1C=CN([C@@H](NC(=O)C(N)CCCCN)OC(CO)C(C)O)C(=O)N1. The molecule has 3 amide bonds. The summed E-state index contributed by atoms with van der Waals surface area (Å²) in [5, 5.41) is 24.0. The minimum atomic E-state index is -1.26. The normalized spacial score (nSPS) is 18.9. The highest BCUT2D eigenvalue weighted by Crippen LogP contribution is 2.12. The van der Waals surface area contributed by atoms with Crippen LogP contribution in [-0.4, -0.2) is 64.8 Å². The summed E-state index contributed by atoms with van der Waals surface area (Å²) in [5.74, 6) is -0.528. The van der Waals surface area contributed by atoms with Crippen molar-refractivity contribution < 1.29 is 24.5 Å². The second kappa shape index (κ2) is 10.9. The van der Waals surface area contributed by atoms with Crippen LogP contribution in [0.1, 0.15) is 26.2 Å². The van der Waals surface area contributed by atoms with Crippen LogP contribution in [0, 0.1) is 0 Å². The Morgan fingerprint density at radius 3 is 2.73 bits per heavy atom. The van der Waals surface area contributed by atoms with Crippen molar-refractivity contribution in [1.29, 1.82) is 0 Å². The number of hydrogen-bond acceptors (Lipinski definition) is 7. The first-order valence-corrected chi connectivity index (χ1v) is 8.47. The molecule has 10 nitrogen and oxygen atoms in total. The van der Waals surface area contributed by atoms with Crippen LogP contribution < -0.4 is 22.1 Å². The molecule has 0 saturated heterocycles. The van der Waals surface area contributed by atoms with Crippen molar-refractivity contribution >= 4 is 11.9 Å². The van der Waals surface area contributed by atoms with E-state index in [4.69, 9.17) is 16.2 Å². The molecule has 3 unspecified atom stereocenters. The van der Waals surface area contributed by atoms with Crippen LogP contribution in [0.5, 0.6) is 0 Å². The van der Waals surface area contributed by atoms with Crippen LogP contribution in [-0.2, 0) is 9.53 Å². The quantitative estimate of drug-likeness (QED) is 0.193. The molecule has 1 rings (SSSR count). The monoisotopic (exact) mass is 371 g/mol. The summed E-state index contributed by atoms with van der Waals surface area (Å²) in [5.41, 5.74) is 11.7. The van der Waals surface area contributed by atoms with Gasteiger partial charge in [0.25, 0.3) is 0 Å². The van der Waals surface area contributed by atoms with Gasteiger partial charge in [-0.3, -0.25) is 9.69 Å². The van der Waals surface area contributed by atoms with Crippen molar-refractivity contribution in [2.45, 2.75) is 50.8 Å². The molecule has 1 aliphatic heterocycles. The number of urea groups is 1. The van der Waals surface area contributed by atoms with Gasteiger partial charge in [-0.05, 0) is 32.4 Å². The maximum atomic E-state index is 12.3. The maximum Gasteiger partial charge on any atom is 0.329 e. The number of aliphatic hydroxyl groups excluding tert-OH is 2. The highest BCUT2D eigenvalue weighted by Gasteiger charge is 2.31. The molecule has 0 bridgehead atoms. The molecule has 10 heteroatoms. The average Bonchev–Trinajstić information content (AvgIpc) is 2.58. The van der Waals surface area contributed by atoms with Crippen LogP contribution in [0.15, 0.2) is 24.6 Å². The van der Waals surface area contributed by atoms with E-state index in [1.807, 2.05) is 0 Å². The smallest absolute Gasteiger partial charge is 0.329 e. The van der Waals surface area contributed by atoms with E-state index in [1.165, 1.54) is 19.2 Å². The molecule has 0 aromatic heterocycles. The highest BCUT2D eigenvalue weighted by molar-refractivity contribution is 5.83. The van der Waals surface area contributed by atoms with Crippen LogP contribution in [0.2, 0.25) is 0 Å². The summed E-state index contributed by atoms with van der Waals surface area (Å²) < 4.78 is 5.53. The second-order valence-electron chi connectivity index (χ2n) is 6.03. The minimum absolute atomic E-state index is 0.379. The van der Waals surface area contributed by atoms with E-state index in [-0.39, 0.29) is 0 Å². The van der Waals surface area contributed by atoms with E-state index in [9.17, 15) is 19.8 Å². The number of nitrogens with one attached hydrogen (secondary N) is 2. The lowest BCUT2D eigenvalue weighted by Gasteiger charge is -2.34. The molecule has 0 fully saturated rings. The number of allylic oxidation sites excluding steroid dienone is 1. The molecule has 0 aromatic rings. The number of aliphatic hydroxyl groups is 2. The molecule has 4 atom stereocenters. The zero-order valence-electron chi connectivity index (χ0n) is 14.9. The molecule has 0 aliphatic carbocycles. The first-order valence-electron chi connectivity index (χ1n) is 8.47. The van der Waals surface area contributed by atoms with Gasteiger partial charge in [0.05, 0.1) is 18.8 Å². The lowest BCUT2D eigenvalue weighted by molar-refractivity contribution is -0.151. The Morgan fingerprint density at radius 2 is 2.19 bits per heavy atom. The molecule has 0 saturated carbocycles. The fourth-order valence-corrected chi connectivity index (χ4v) is 2.18. The Hall–Kier alpha value is -1.98. The van der Waals surface area contributed by atoms with Gasteiger partial charge in [0.15, 0.2) is 0 Å². The van der Waals surface area contributed by atoms with Crippen LogP contribution >= 0.6 is 0 Å². The maximum absolute atomic E-state index is 12.3. The molecule has 8 N–H and O–H groups in total. The largest absolute Gasteiger partial charge is 0.394 e. The lowest BCUT2D eigenvalue weighted by atomic mass is 10.1. The number of ether oxygens (including phenoxy) is 1. The Bertz CT molecular complexity index is 525. The molecular formula is C16H29N5O5. The van der Waals surface area contributed by atoms with E-state index in [0.29, 0.717) is 25.1 Å². The predicted octanol–water partition coefficient (Wildman–Crippen LogP) is -1.35. The van der Waals surface area contributed by atoms with Crippen molar-refractivity contribution in [3.8, 4) is 0 Å². The van der Waals surface area contributed by atoms with Crippen molar-refractivity contribution in [3.05, 3.63) is 24.6 Å².